The maximum Gasteiger partial charge on any atom is 0.586 e. The average Bonchev–Trinajstić information content (AvgIpc) is 2.90. The van der Waals surface area contributed by atoms with Gasteiger partial charge in [0.1, 0.15) is 5.76 Å². The number of halogens is 2. The lowest BCUT2D eigenvalue weighted by Gasteiger charge is -2.05. The van der Waals surface area contributed by atoms with Crippen molar-refractivity contribution < 1.29 is 27.5 Å². The zero-order valence-corrected chi connectivity index (χ0v) is 10.3. The highest BCUT2D eigenvalue weighted by Crippen LogP contribution is 2.42. The Labute approximate surface area is 112 Å². The number of anilines is 1. The zero-order valence-electron chi connectivity index (χ0n) is 10.3. The van der Waals surface area contributed by atoms with Crippen LogP contribution in [0.2, 0.25) is 0 Å². The molecule has 1 N–H and O–H groups in total. The van der Waals surface area contributed by atoms with Crippen LogP contribution >= 0.6 is 0 Å². The highest BCUT2D eigenvalue weighted by atomic mass is 19.3. The molecule has 1 aromatic heterocycles. The molecule has 0 fully saturated rings. The molecule has 0 aliphatic carbocycles. The third-order valence-electron chi connectivity index (χ3n) is 2.76. The van der Waals surface area contributed by atoms with Crippen LogP contribution in [0.25, 0.3) is 0 Å². The van der Waals surface area contributed by atoms with Crippen molar-refractivity contribution in [3.8, 4) is 11.5 Å². The first-order chi connectivity index (χ1) is 9.44. The highest BCUT2D eigenvalue weighted by molar-refractivity contribution is 6.05. The van der Waals surface area contributed by atoms with Gasteiger partial charge in [-0.2, -0.15) is 0 Å². The van der Waals surface area contributed by atoms with Crippen molar-refractivity contribution in [1.29, 1.82) is 0 Å². The first-order valence-corrected chi connectivity index (χ1v) is 5.70. The molecule has 2 heterocycles. The molecule has 0 saturated heterocycles. The van der Waals surface area contributed by atoms with E-state index >= 15 is 0 Å². The number of nitrogens with one attached hydrogen (secondary N) is 1. The summed E-state index contributed by atoms with van der Waals surface area (Å²) in [5.41, 5.74) is 0.684. The molecule has 104 valence electrons. The second-order valence-electron chi connectivity index (χ2n) is 4.17. The number of carbonyl (C=O) groups excluding carboxylic acids is 1. The number of benzene rings is 1. The predicted octanol–water partition coefficient (Wildman–Crippen LogP) is 3.16. The van der Waals surface area contributed by atoms with Crippen molar-refractivity contribution >= 4 is 11.6 Å². The molecule has 7 heteroatoms. The van der Waals surface area contributed by atoms with Gasteiger partial charge < -0.3 is 19.2 Å². The van der Waals surface area contributed by atoms with E-state index in [0.717, 1.165) is 0 Å². The van der Waals surface area contributed by atoms with Crippen LogP contribution in [0.5, 0.6) is 11.5 Å². The maximum atomic E-state index is 12.9. The fourth-order valence-electron chi connectivity index (χ4n) is 1.85. The number of furan rings is 1. The summed E-state index contributed by atoms with van der Waals surface area (Å²) in [5.74, 6) is -0.138. The zero-order chi connectivity index (χ0) is 14.3. The van der Waals surface area contributed by atoms with Crippen LogP contribution in [-0.4, -0.2) is 12.2 Å². The van der Waals surface area contributed by atoms with Crippen molar-refractivity contribution in [3.05, 3.63) is 41.9 Å². The molecule has 1 aliphatic rings. The molecule has 0 unspecified atom stereocenters. The molecule has 0 bridgehead atoms. The highest BCUT2D eigenvalue weighted by Gasteiger charge is 2.43. The second-order valence-corrected chi connectivity index (χ2v) is 4.17. The van der Waals surface area contributed by atoms with Gasteiger partial charge >= 0.3 is 6.29 Å². The Morgan fingerprint density at radius 1 is 1.20 bits per heavy atom. The summed E-state index contributed by atoms with van der Waals surface area (Å²) in [7, 11) is 0. The van der Waals surface area contributed by atoms with Gasteiger partial charge in [0.15, 0.2) is 11.5 Å². The van der Waals surface area contributed by atoms with Crippen LogP contribution in [0.4, 0.5) is 14.5 Å². The fraction of sp³-hybridized carbons (Fsp3) is 0.154. The van der Waals surface area contributed by atoms with Gasteiger partial charge in [-0.15, -0.1) is 8.78 Å². The van der Waals surface area contributed by atoms with Crippen LogP contribution in [-0.2, 0) is 0 Å². The van der Waals surface area contributed by atoms with Crippen LogP contribution < -0.4 is 14.8 Å². The van der Waals surface area contributed by atoms with Gasteiger partial charge in [-0.3, -0.25) is 4.79 Å². The van der Waals surface area contributed by atoms with Crippen molar-refractivity contribution in [3.63, 3.8) is 0 Å². The third kappa shape index (κ3) is 2.18. The number of fused-ring (bicyclic) bond motifs is 1. The Hall–Kier alpha value is -2.57. The van der Waals surface area contributed by atoms with Crippen LogP contribution in [0.3, 0.4) is 0 Å². The van der Waals surface area contributed by atoms with Crippen LogP contribution in [0, 0.1) is 6.92 Å². The number of carbonyl (C=O) groups is 1. The van der Waals surface area contributed by atoms with E-state index in [4.69, 9.17) is 4.42 Å². The van der Waals surface area contributed by atoms with E-state index in [0.29, 0.717) is 17.0 Å². The molecule has 0 saturated carbocycles. The number of hydrogen-bond acceptors (Lipinski definition) is 4. The van der Waals surface area contributed by atoms with E-state index in [1.807, 2.05) is 0 Å². The Balaban J connectivity index is 1.80. The molecule has 1 aromatic carbocycles. The lowest BCUT2D eigenvalue weighted by atomic mass is 10.2. The third-order valence-corrected chi connectivity index (χ3v) is 2.76. The van der Waals surface area contributed by atoms with Crippen molar-refractivity contribution in [2.75, 3.05) is 5.32 Å². The normalized spacial score (nSPS) is 15.2. The van der Waals surface area contributed by atoms with E-state index in [9.17, 15) is 13.6 Å². The summed E-state index contributed by atoms with van der Waals surface area (Å²) in [6.45, 7) is 1.65. The molecular formula is C13H9F2NO4. The van der Waals surface area contributed by atoms with Crippen LogP contribution in [0.1, 0.15) is 16.1 Å². The minimum Gasteiger partial charge on any atom is -0.469 e. The second kappa shape index (κ2) is 4.22. The van der Waals surface area contributed by atoms with E-state index in [1.54, 1.807) is 6.92 Å². The predicted molar refractivity (Wildman–Crippen MR) is 64.0 cm³/mol. The van der Waals surface area contributed by atoms with E-state index in [2.05, 4.69) is 14.8 Å². The number of ether oxygens (including phenoxy) is 2. The molecule has 20 heavy (non-hydrogen) atoms. The van der Waals surface area contributed by atoms with Gasteiger partial charge in [0.25, 0.3) is 5.91 Å². The largest absolute Gasteiger partial charge is 0.586 e. The molecule has 1 aliphatic heterocycles. The minimum absolute atomic E-state index is 0.0764. The molecule has 2 aromatic rings. The topological polar surface area (TPSA) is 60.7 Å². The Bertz CT molecular complexity index is 681. The van der Waals surface area contributed by atoms with Crippen LogP contribution in [0.15, 0.2) is 34.9 Å². The number of alkyl halides is 2. The van der Waals surface area contributed by atoms with Gasteiger partial charge in [-0.05, 0) is 25.1 Å². The number of amides is 1. The quantitative estimate of drug-likeness (QED) is 0.918. The van der Waals surface area contributed by atoms with E-state index in [1.165, 1.54) is 30.5 Å². The summed E-state index contributed by atoms with van der Waals surface area (Å²) in [5, 5.41) is 2.56. The molecule has 5 nitrogen and oxygen atoms in total. The summed E-state index contributed by atoms with van der Waals surface area (Å²) in [6.07, 6.45) is -2.28. The van der Waals surface area contributed by atoms with Crippen molar-refractivity contribution in [2.45, 2.75) is 13.2 Å². The van der Waals surface area contributed by atoms with Gasteiger partial charge in [-0.1, -0.05) is 0 Å². The molecule has 1 amide bonds. The van der Waals surface area contributed by atoms with Gasteiger partial charge in [0.05, 0.1) is 11.8 Å². The number of hydrogen-bond donors (Lipinski definition) is 1. The smallest absolute Gasteiger partial charge is 0.469 e. The fourth-order valence-corrected chi connectivity index (χ4v) is 1.85. The van der Waals surface area contributed by atoms with E-state index < -0.39 is 12.2 Å². The van der Waals surface area contributed by atoms with Gasteiger partial charge in [-0.25, -0.2) is 0 Å². The summed E-state index contributed by atoms with van der Waals surface area (Å²) in [6, 6.07) is 5.53. The molecular weight excluding hydrogens is 272 g/mol. The SMILES string of the molecule is Cc1occc1C(=O)Nc1ccc2c(c1)OC(F)(F)O2. The molecule has 0 spiro atoms. The minimum atomic E-state index is -3.67. The van der Waals surface area contributed by atoms with Gasteiger partial charge in [0.2, 0.25) is 0 Å². The number of aryl methyl sites for hydroxylation is 1. The maximum absolute atomic E-state index is 12.9. The van der Waals surface area contributed by atoms with Gasteiger partial charge in [0, 0.05) is 11.8 Å². The summed E-state index contributed by atoms with van der Waals surface area (Å²) >= 11 is 0. The van der Waals surface area contributed by atoms with E-state index in [-0.39, 0.29) is 11.5 Å². The molecule has 3 rings (SSSR count). The standard InChI is InChI=1S/C13H9F2NO4/c1-7-9(4-5-18-7)12(17)16-8-2-3-10-11(6-8)20-13(14,15)19-10/h2-6H,1H3,(H,16,17). The average molecular weight is 281 g/mol. The first kappa shape index (κ1) is 12.5. The molecule has 0 atom stereocenters. The lowest BCUT2D eigenvalue weighted by molar-refractivity contribution is -0.286. The lowest BCUT2D eigenvalue weighted by Crippen LogP contribution is -2.25. The Morgan fingerprint density at radius 3 is 2.65 bits per heavy atom. The summed E-state index contributed by atoms with van der Waals surface area (Å²) in [4.78, 5) is 11.9. The Kier molecular flexibility index (Phi) is 2.63. The monoisotopic (exact) mass is 281 g/mol. The number of rotatable bonds is 2. The molecule has 0 radical (unpaired) electrons. The van der Waals surface area contributed by atoms with Crippen molar-refractivity contribution in [1.82, 2.24) is 0 Å². The Morgan fingerprint density at radius 2 is 1.95 bits per heavy atom. The van der Waals surface area contributed by atoms with Crippen molar-refractivity contribution in [2.24, 2.45) is 0 Å². The first-order valence-electron chi connectivity index (χ1n) is 5.70. The summed E-state index contributed by atoms with van der Waals surface area (Å²) < 4.78 is 39.3.